The van der Waals surface area contributed by atoms with E-state index in [0.29, 0.717) is 0 Å². The molecule has 2 N–H and O–H groups in total. The van der Waals surface area contributed by atoms with E-state index in [2.05, 4.69) is 40.5 Å². The average molecular weight is 348 g/mol. The van der Waals surface area contributed by atoms with E-state index in [1.807, 2.05) is 18.3 Å². The summed E-state index contributed by atoms with van der Waals surface area (Å²) in [6.45, 7) is 5.45. The number of nitrogens with two attached hydrogens (primary N) is 1. The number of rotatable bonds is 4. The lowest BCUT2D eigenvalue weighted by Gasteiger charge is -2.20. The van der Waals surface area contributed by atoms with Crippen molar-refractivity contribution in [2.75, 3.05) is 18.8 Å². The van der Waals surface area contributed by atoms with Crippen LogP contribution in [0, 0.1) is 0 Å². The number of hydrogen-bond donors (Lipinski definition) is 1. The average Bonchev–Trinajstić information content (AvgIpc) is 2.83. The number of aromatic nitrogens is 2. The Morgan fingerprint density at radius 2 is 1.69 bits per heavy atom. The fourth-order valence-corrected chi connectivity index (χ4v) is 3.90. The predicted octanol–water partition coefficient (Wildman–Crippen LogP) is 4.52. The Morgan fingerprint density at radius 3 is 2.38 bits per heavy atom. The number of nitrogen functional groups attached to an aromatic ring is 1. The molecule has 0 spiro atoms. The third kappa shape index (κ3) is 3.47. The molecule has 4 heteroatoms. The van der Waals surface area contributed by atoms with Gasteiger partial charge in [-0.2, -0.15) is 0 Å². The first-order valence-electron chi connectivity index (χ1n) is 9.82. The third-order valence-electron chi connectivity index (χ3n) is 5.45. The molecule has 1 aromatic carbocycles. The summed E-state index contributed by atoms with van der Waals surface area (Å²) in [5.41, 5.74) is 12.7. The first kappa shape index (κ1) is 17.1. The minimum Gasteiger partial charge on any atom is -0.398 e. The zero-order chi connectivity index (χ0) is 17.9. The van der Waals surface area contributed by atoms with Crippen LogP contribution in [0.2, 0.25) is 0 Å². The first-order valence-corrected chi connectivity index (χ1v) is 9.82. The molecular formula is C22H28N4. The number of aryl methyl sites for hydroxylation is 1. The van der Waals surface area contributed by atoms with Gasteiger partial charge in [-0.1, -0.05) is 44.0 Å². The molecular weight excluding hydrogens is 320 g/mol. The van der Waals surface area contributed by atoms with Gasteiger partial charge in [-0.3, -0.25) is 4.90 Å². The summed E-state index contributed by atoms with van der Waals surface area (Å²) < 4.78 is 2.18. The molecule has 1 saturated heterocycles. The number of likely N-dealkylation sites (tertiary alicyclic amines) is 1. The highest BCUT2D eigenvalue weighted by atomic mass is 15.2. The van der Waals surface area contributed by atoms with Crippen LogP contribution < -0.4 is 5.73 Å². The molecule has 2 aromatic heterocycles. The standard InChI is InChI=1S/C22H28N4/c1-2-17-7-9-18(10-8-17)22-20(16-25-13-5-3-4-6-14-25)26-15-19(23)11-12-21(26)24-22/h7-12,15H,2-6,13-14,16,23H2,1H3. The van der Waals surface area contributed by atoms with Crippen molar-refractivity contribution in [3.8, 4) is 11.3 Å². The summed E-state index contributed by atoms with van der Waals surface area (Å²) >= 11 is 0. The van der Waals surface area contributed by atoms with Gasteiger partial charge in [0.25, 0.3) is 0 Å². The maximum atomic E-state index is 6.07. The Kier molecular flexibility index (Phi) is 4.93. The highest BCUT2D eigenvalue weighted by Crippen LogP contribution is 2.27. The van der Waals surface area contributed by atoms with Crippen molar-refractivity contribution >= 4 is 11.3 Å². The maximum Gasteiger partial charge on any atom is 0.137 e. The van der Waals surface area contributed by atoms with E-state index in [-0.39, 0.29) is 0 Å². The number of pyridine rings is 1. The molecule has 1 fully saturated rings. The van der Waals surface area contributed by atoms with Crippen LogP contribution in [0.1, 0.15) is 43.9 Å². The van der Waals surface area contributed by atoms with Crippen LogP contribution in [-0.4, -0.2) is 27.4 Å². The molecule has 1 aliphatic rings. The van der Waals surface area contributed by atoms with Gasteiger partial charge in [0, 0.05) is 24.0 Å². The number of imidazole rings is 1. The summed E-state index contributed by atoms with van der Waals surface area (Å²) in [5.74, 6) is 0. The predicted molar refractivity (Wildman–Crippen MR) is 108 cm³/mol. The number of anilines is 1. The van der Waals surface area contributed by atoms with Crippen molar-refractivity contribution in [2.24, 2.45) is 0 Å². The molecule has 0 aliphatic carbocycles. The first-order chi connectivity index (χ1) is 12.7. The van der Waals surface area contributed by atoms with E-state index in [1.165, 1.54) is 55.6 Å². The minimum absolute atomic E-state index is 0.778. The van der Waals surface area contributed by atoms with Gasteiger partial charge < -0.3 is 10.1 Å². The van der Waals surface area contributed by atoms with Gasteiger partial charge >= 0.3 is 0 Å². The molecule has 136 valence electrons. The molecule has 0 amide bonds. The van der Waals surface area contributed by atoms with Crippen molar-refractivity contribution < 1.29 is 0 Å². The molecule has 0 unspecified atom stereocenters. The van der Waals surface area contributed by atoms with Gasteiger partial charge in [0.2, 0.25) is 0 Å². The molecule has 26 heavy (non-hydrogen) atoms. The van der Waals surface area contributed by atoms with Crippen LogP contribution in [0.4, 0.5) is 5.69 Å². The quantitative estimate of drug-likeness (QED) is 0.754. The fraction of sp³-hybridized carbons (Fsp3) is 0.409. The summed E-state index contributed by atoms with van der Waals surface area (Å²) in [7, 11) is 0. The Balaban J connectivity index is 1.77. The number of hydrogen-bond acceptors (Lipinski definition) is 3. The van der Waals surface area contributed by atoms with Gasteiger partial charge in [-0.05, 0) is 50.0 Å². The van der Waals surface area contributed by atoms with Gasteiger partial charge in [0.1, 0.15) is 5.65 Å². The Bertz CT molecular complexity index is 871. The van der Waals surface area contributed by atoms with Crippen LogP contribution >= 0.6 is 0 Å². The summed E-state index contributed by atoms with van der Waals surface area (Å²) in [6, 6.07) is 12.8. The topological polar surface area (TPSA) is 46.6 Å². The molecule has 4 nitrogen and oxygen atoms in total. The van der Waals surface area contributed by atoms with Gasteiger partial charge in [-0.15, -0.1) is 0 Å². The Labute approximate surface area is 155 Å². The zero-order valence-electron chi connectivity index (χ0n) is 15.6. The van der Waals surface area contributed by atoms with Crippen molar-refractivity contribution in [3.63, 3.8) is 0 Å². The van der Waals surface area contributed by atoms with Gasteiger partial charge in [0.15, 0.2) is 0 Å². The molecule has 1 aliphatic heterocycles. The second kappa shape index (κ2) is 7.50. The maximum absolute atomic E-state index is 6.07. The Hall–Kier alpha value is -2.33. The molecule has 0 saturated carbocycles. The van der Waals surface area contributed by atoms with E-state index in [4.69, 9.17) is 10.7 Å². The van der Waals surface area contributed by atoms with Gasteiger partial charge in [-0.25, -0.2) is 4.98 Å². The highest BCUT2D eigenvalue weighted by Gasteiger charge is 2.18. The van der Waals surface area contributed by atoms with E-state index in [0.717, 1.165) is 30.0 Å². The summed E-state index contributed by atoms with van der Waals surface area (Å²) in [6.07, 6.45) is 8.35. The van der Waals surface area contributed by atoms with Crippen LogP contribution in [0.5, 0.6) is 0 Å². The van der Waals surface area contributed by atoms with E-state index in [1.54, 1.807) is 0 Å². The van der Waals surface area contributed by atoms with Crippen LogP contribution in [0.15, 0.2) is 42.6 Å². The minimum atomic E-state index is 0.778. The Morgan fingerprint density at radius 1 is 0.962 bits per heavy atom. The molecule has 3 aromatic rings. The summed E-state index contributed by atoms with van der Waals surface area (Å²) in [4.78, 5) is 7.52. The lowest BCUT2D eigenvalue weighted by atomic mass is 10.1. The lowest BCUT2D eigenvalue weighted by Crippen LogP contribution is -2.25. The molecule has 0 bridgehead atoms. The van der Waals surface area contributed by atoms with Crippen LogP contribution in [0.3, 0.4) is 0 Å². The number of fused-ring (bicyclic) bond motifs is 1. The number of benzene rings is 1. The highest BCUT2D eigenvalue weighted by molar-refractivity contribution is 5.67. The molecule has 3 heterocycles. The lowest BCUT2D eigenvalue weighted by molar-refractivity contribution is 0.273. The van der Waals surface area contributed by atoms with Crippen molar-refractivity contribution in [3.05, 3.63) is 53.9 Å². The second-order valence-electron chi connectivity index (χ2n) is 7.34. The summed E-state index contributed by atoms with van der Waals surface area (Å²) in [5, 5.41) is 0. The fourth-order valence-electron chi connectivity index (χ4n) is 3.90. The van der Waals surface area contributed by atoms with E-state index >= 15 is 0 Å². The largest absolute Gasteiger partial charge is 0.398 e. The molecule has 0 atom stereocenters. The second-order valence-corrected chi connectivity index (χ2v) is 7.34. The molecule has 4 rings (SSSR count). The molecule has 0 radical (unpaired) electrons. The van der Waals surface area contributed by atoms with Crippen molar-refractivity contribution in [2.45, 2.75) is 45.6 Å². The zero-order valence-corrected chi connectivity index (χ0v) is 15.6. The monoisotopic (exact) mass is 348 g/mol. The normalized spacial score (nSPS) is 16.0. The number of nitrogens with zero attached hydrogens (tertiary/aromatic N) is 3. The van der Waals surface area contributed by atoms with Crippen molar-refractivity contribution in [1.29, 1.82) is 0 Å². The van der Waals surface area contributed by atoms with Crippen molar-refractivity contribution in [1.82, 2.24) is 14.3 Å². The van der Waals surface area contributed by atoms with Gasteiger partial charge in [0.05, 0.1) is 11.4 Å². The van der Waals surface area contributed by atoms with E-state index in [9.17, 15) is 0 Å². The third-order valence-corrected chi connectivity index (χ3v) is 5.45. The van der Waals surface area contributed by atoms with Crippen LogP contribution in [0.25, 0.3) is 16.9 Å². The SMILES string of the molecule is CCc1ccc(-c2nc3ccc(N)cn3c2CN2CCCCCC2)cc1. The smallest absolute Gasteiger partial charge is 0.137 e. The van der Waals surface area contributed by atoms with E-state index < -0.39 is 0 Å². The van der Waals surface area contributed by atoms with Crippen LogP contribution in [-0.2, 0) is 13.0 Å².